The number of nitrogens with one attached hydrogen (secondary N) is 2. The van der Waals surface area contributed by atoms with Crippen molar-refractivity contribution in [2.45, 2.75) is 6.54 Å². The molecule has 0 aliphatic carbocycles. The van der Waals surface area contributed by atoms with Crippen molar-refractivity contribution in [3.8, 4) is 5.69 Å². The van der Waals surface area contributed by atoms with Crippen molar-refractivity contribution < 1.29 is 9.59 Å². The summed E-state index contributed by atoms with van der Waals surface area (Å²) in [5, 5.41) is 10.0. The van der Waals surface area contributed by atoms with E-state index in [-0.39, 0.29) is 18.5 Å². The van der Waals surface area contributed by atoms with Crippen LogP contribution in [0.1, 0.15) is 5.56 Å². The number of urea groups is 1. The fourth-order valence-electron chi connectivity index (χ4n) is 2.39. The maximum atomic E-state index is 11.5. The van der Waals surface area contributed by atoms with E-state index in [1.165, 1.54) is 4.90 Å². The zero-order chi connectivity index (χ0) is 15.4. The van der Waals surface area contributed by atoms with E-state index in [2.05, 4.69) is 15.7 Å². The highest BCUT2D eigenvalue weighted by Crippen LogP contribution is 2.12. The predicted molar refractivity (Wildman–Crippen MR) is 80.4 cm³/mol. The lowest BCUT2D eigenvalue weighted by molar-refractivity contribution is -0.124. The molecule has 1 fully saturated rings. The molecule has 0 spiro atoms. The second kappa shape index (κ2) is 6.40. The SMILES string of the molecule is O=C1CNC(=O)N1CCNCc1ccccc1-n1cccn1. The molecule has 2 N–H and O–H groups in total. The van der Waals surface area contributed by atoms with Gasteiger partial charge in [-0.1, -0.05) is 18.2 Å². The average molecular weight is 299 g/mol. The van der Waals surface area contributed by atoms with Gasteiger partial charge in [0.15, 0.2) is 0 Å². The zero-order valence-corrected chi connectivity index (χ0v) is 12.0. The Balaban J connectivity index is 1.56. The van der Waals surface area contributed by atoms with E-state index in [0.717, 1.165) is 11.3 Å². The van der Waals surface area contributed by atoms with Crippen LogP contribution in [0.5, 0.6) is 0 Å². The highest BCUT2D eigenvalue weighted by Gasteiger charge is 2.27. The third-order valence-corrected chi connectivity index (χ3v) is 3.51. The number of imide groups is 1. The van der Waals surface area contributed by atoms with Gasteiger partial charge in [0.1, 0.15) is 0 Å². The average Bonchev–Trinajstić information content (AvgIpc) is 3.16. The third kappa shape index (κ3) is 2.99. The quantitative estimate of drug-likeness (QED) is 0.602. The van der Waals surface area contributed by atoms with Crippen LogP contribution in [-0.2, 0) is 11.3 Å². The van der Waals surface area contributed by atoms with Crippen LogP contribution in [0.3, 0.4) is 0 Å². The lowest BCUT2D eigenvalue weighted by Gasteiger charge is -2.14. The van der Waals surface area contributed by atoms with Gasteiger partial charge in [-0.2, -0.15) is 5.10 Å². The molecule has 22 heavy (non-hydrogen) atoms. The molecule has 1 aromatic carbocycles. The Hall–Kier alpha value is -2.67. The molecule has 3 rings (SSSR count). The van der Waals surface area contributed by atoms with Gasteiger partial charge in [-0.3, -0.25) is 9.69 Å². The normalized spacial score (nSPS) is 14.5. The summed E-state index contributed by atoms with van der Waals surface area (Å²) in [5.41, 5.74) is 2.11. The lowest BCUT2D eigenvalue weighted by Crippen LogP contribution is -2.36. The Bertz CT molecular complexity index is 652. The summed E-state index contributed by atoms with van der Waals surface area (Å²) in [6.45, 7) is 1.65. The molecule has 1 aliphatic heterocycles. The minimum Gasteiger partial charge on any atom is -0.329 e. The molecule has 1 aromatic heterocycles. The molecule has 2 aromatic rings. The number of para-hydroxylation sites is 1. The monoisotopic (exact) mass is 299 g/mol. The Labute approximate surface area is 127 Å². The van der Waals surface area contributed by atoms with Crippen LogP contribution in [0.4, 0.5) is 4.79 Å². The van der Waals surface area contributed by atoms with Gasteiger partial charge < -0.3 is 10.6 Å². The molecule has 0 unspecified atom stereocenters. The number of rotatable bonds is 6. The Kier molecular flexibility index (Phi) is 4.15. The molecule has 114 valence electrons. The van der Waals surface area contributed by atoms with Crippen molar-refractivity contribution in [1.82, 2.24) is 25.3 Å². The first-order valence-electron chi connectivity index (χ1n) is 7.12. The zero-order valence-electron chi connectivity index (χ0n) is 12.0. The van der Waals surface area contributed by atoms with Gasteiger partial charge in [0.05, 0.1) is 12.2 Å². The van der Waals surface area contributed by atoms with E-state index in [4.69, 9.17) is 0 Å². The molecule has 1 saturated heterocycles. The minimum atomic E-state index is -0.316. The predicted octanol–water partition coefficient (Wildman–Crippen LogP) is 0.514. The van der Waals surface area contributed by atoms with E-state index in [9.17, 15) is 9.59 Å². The van der Waals surface area contributed by atoms with E-state index >= 15 is 0 Å². The van der Waals surface area contributed by atoms with Gasteiger partial charge >= 0.3 is 6.03 Å². The van der Waals surface area contributed by atoms with Crippen LogP contribution in [0.15, 0.2) is 42.7 Å². The summed E-state index contributed by atoms with van der Waals surface area (Å²) >= 11 is 0. The van der Waals surface area contributed by atoms with Crippen molar-refractivity contribution in [3.63, 3.8) is 0 Å². The van der Waals surface area contributed by atoms with Gasteiger partial charge in [0.25, 0.3) is 0 Å². The van der Waals surface area contributed by atoms with Gasteiger partial charge in [-0.15, -0.1) is 0 Å². The fourth-order valence-corrected chi connectivity index (χ4v) is 2.39. The summed E-state index contributed by atoms with van der Waals surface area (Å²) < 4.78 is 1.81. The third-order valence-electron chi connectivity index (χ3n) is 3.51. The maximum Gasteiger partial charge on any atom is 0.324 e. The summed E-state index contributed by atoms with van der Waals surface area (Å²) in [6, 6.07) is 9.53. The van der Waals surface area contributed by atoms with Crippen molar-refractivity contribution >= 4 is 11.9 Å². The van der Waals surface area contributed by atoms with Gasteiger partial charge in [-0.25, -0.2) is 9.48 Å². The Morgan fingerprint density at radius 3 is 2.82 bits per heavy atom. The van der Waals surface area contributed by atoms with Crippen LogP contribution in [0, 0.1) is 0 Å². The summed E-state index contributed by atoms with van der Waals surface area (Å²) in [7, 11) is 0. The number of aromatic nitrogens is 2. The number of hydrogen-bond acceptors (Lipinski definition) is 4. The van der Waals surface area contributed by atoms with Crippen molar-refractivity contribution in [1.29, 1.82) is 0 Å². The minimum absolute atomic E-state index is 0.0982. The van der Waals surface area contributed by atoms with Gasteiger partial charge in [-0.05, 0) is 17.7 Å². The van der Waals surface area contributed by atoms with Crippen molar-refractivity contribution in [2.24, 2.45) is 0 Å². The number of amides is 3. The maximum absolute atomic E-state index is 11.5. The van der Waals surface area contributed by atoms with Crippen LogP contribution in [-0.4, -0.2) is 46.3 Å². The molecule has 0 saturated carbocycles. The topological polar surface area (TPSA) is 79.3 Å². The molecule has 1 aliphatic rings. The number of carbonyl (C=O) groups is 2. The highest BCUT2D eigenvalue weighted by atomic mass is 16.2. The molecule has 7 heteroatoms. The first-order valence-corrected chi connectivity index (χ1v) is 7.12. The molecule has 0 radical (unpaired) electrons. The summed E-state index contributed by atoms with van der Waals surface area (Å²) in [5.74, 6) is -0.177. The standard InChI is InChI=1S/C15H17N5O2/c21-14-11-17-15(22)19(14)9-7-16-10-12-4-1-2-5-13(12)20-8-3-6-18-20/h1-6,8,16H,7,9-11H2,(H,17,22). The van der Waals surface area contributed by atoms with Gasteiger partial charge in [0.2, 0.25) is 5.91 Å². The second-order valence-corrected chi connectivity index (χ2v) is 4.96. The van der Waals surface area contributed by atoms with Crippen LogP contribution >= 0.6 is 0 Å². The Morgan fingerprint density at radius 1 is 1.23 bits per heavy atom. The van der Waals surface area contributed by atoms with E-state index in [0.29, 0.717) is 19.6 Å². The van der Waals surface area contributed by atoms with E-state index in [1.54, 1.807) is 6.20 Å². The van der Waals surface area contributed by atoms with Crippen LogP contribution in [0.2, 0.25) is 0 Å². The molecule has 7 nitrogen and oxygen atoms in total. The molecule has 0 bridgehead atoms. The number of hydrogen-bond donors (Lipinski definition) is 2. The van der Waals surface area contributed by atoms with Crippen LogP contribution in [0.25, 0.3) is 5.69 Å². The van der Waals surface area contributed by atoms with E-state index in [1.807, 2.05) is 41.2 Å². The largest absolute Gasteiger partial charge is 0.329 e. The first kappa shape index (κ1) is 14.3. The molecular weight excluding hydrogens is 282 g/mol. The second-order valence-electron chi connectivity index (χ2n) is 4.96. The van der Waals surface area contributed by atoms with Gasteiger partial charge in [0, 0.05) is 32.0 Å². The summed E-state index contributed by atoms with van der Waals surface area (Å²) in [6.07, 6.45) is 3.63. The lowest BCUT2D eigenvalue weighted by atomic mass is 10.2. The molecule has 0 atom stereocenters. The number of benzene rings is 1. The van der Waals surface area contributed by atoms with Crippen LogP contribution < -0.4 is 10.6 Å². The van der Waals surface area contributed by atoms with E-state index < -0.39 is 0 Å². The first-order chi connectivity index (χ1) is 10.8. The molecular formula is C15H17N5O2. The number of nitrogens with zero attached hydrogens (tertiary/aromatic N) is 3. The molecule has 2 heterocycles. The Morgan fingerprint density at radius 2 is 2.09 bits per heavy atom. The van der Waals surface area contributed by atoms with Crippen molar-refractivity contribution in [2.75, 3.05) is 19.6 Å². The fraction of sp³-hybridized carbons (Fsp3) is 0.267. The smallest absolute Gasteiger partial charge is 0.324 e. The number of carbonyl (C=O) groups excluding carboxylic acids is 2. The highest BCUT2D eigenvalue weighted by molar-refractivity contribution is 6.01. The summed E-state index contributed by atoms with van der Waals surface area (Å²) in [4.78, 5) is 24.1. The molecule has 3 amide bonds. The van der Waals surface area contributed by atoms with Crippen molar-refractivity contribution in [3.05, 3.63) is 48.3 Å².